The first-order chi connectivity index (χ1) is 9.15. The van der Waals surface area contributed by atoms with Gasteiger partial charge in [-0.3, -0.25) is 4.79 Å². The molecular formula is C14H10N2O2S. The number of aromatic hydroxyl groups is 1. The highest BCUT2D eigenvalue weighted by Gasteiger charge is 2.17. The smallest absolute Gasteiger partial charge is 0.215 e. The van der Waals surface area contributed by atoms with Crippen LogP contribution in [0.25, 0.3) is 12.2 Å². The Morgan fingerprint density at radius 1 is 1.16 bits per heavy atom. The Morgan fingerprint density at radius 2 is 1.95 bits per heavy atom. The number of nitrogens with one attached hydrogen (secondary N) is 2. The lowest BCUT2D eigenvalue weighted by Gasteiger charge is -2.11. The van der Waals surface area contributed by atoms with E-state index >= 15 is 0 Å². The summed E-state index contributed by atoms with van der Waals surface area (Å²) in [5, 5.41) is 9.61. The molecule has 94 valence electrons. The molecule has 0 saturated heterocycles. The molecule has 1 aliphatic rings. The maximum absolute atomic E-state index is 12.3. The normalized spacial score (nSPS) is 15.8. The maximum Gasteiger partial charge on any atom is 0.215 e. The van der Waals surface area contributed by atoms with Crippen LogP contribution in [-0.2, 0) is 0 Å². The summed E-state index contributed by atoms with van der Waals surface area (Å²) in [7, 11) is 0. The number of fused-ring (bicyclic) bond motifs is 1. The minimum absolute atomic E-state index is 0.0713. The first-order valence-electron chi connectivity index (χ1n) is 5.70. The number of imidazole rings is 1. The summed E-state index contributed by atoms with van der Waals surface area (Å²) in [5.41, 5.74) is 2.46. The zero-order chi connectivity index (χ0) is 13.4. The molecule has 0 unspecified atom stereocenters. The van der Waals surface area contributed by atoms with Crippen LogP contribution in [0.4, 0.5) is 0 Å². The lowest BCUT2D eigenvalue weighted by molar-refractivity contribution is 0.103. The fourth-order valence-corrected chi connectivity index (χ4v) is 2.23. The molecule has 0 bridgehead atoms. The number of H-pyrrole nitrogens is 2. The number of hydrogen-bond donors (Lipinski definition) is 3. The molecule has 4 nitrogen and oxygen atoms in total. The van der Waals surface area contributed by atoms with Crippen LogP contribution < -0.4 is 0 Å². The third kappa shape index (κ3) is 2.04. The van der Waals surface area contributed by atoms with Gasteiger partial charge in [-0.15, -0.1) is 0 Å². The third-order valence-corrected chi connectivity index (χ3v) is 3.15. The van der Waals surface area contributed by atoms with Gasteiger partial charge < -0.3 is 15.1 Å². The van der Waals surface area contributed by atoms with Crippen molar-refractivity contribution in [1.29, 1.82) is 0 Å². The second-order valence-corrected chi connectivity index (χ2v) is 4.60. The quantitative estimate of drug-likeness (QED) is 0.551. The molecule has 0 fully saturated rings. The molecule has 0 atom stereocenters. The molecule has 1 heterocycles. The summed E-state index contributed by atoms with van der Waals surface area (Å²) in [4.78, 5) is 17.6. The SMILES string of the molecule is O=C1C(=Cc2[nH]c(=S)[nH]c2O)C=Cc2ccccc21. The summed E-state index contributed by atoms with van der Waals surface area (Å²) in [6, 6.07) is 7.39. The standard InChI is InChI=1S/C14H10N2O2S/c17-12-9(7-11-13(18)16-14(19)15-11)6-5-8-3-1-2-4-10(8)12/h1-7,18H,(H2,15,16,19). The zero-order valence-electron chi connectivity index (χ0n) is 9.81. The molecule has 0 spiro atoms. The van der Waals surface area contributed by atoms with Gasteiger partial charge >= 0.3 is 0 Å². The fraction of sp³-hybridized carbons (Fsp3) is 0. The average molecular weight is 270 g/mol. The lowest BCUT2D eigenvalue weighted by Crippen LogP contribution is -2.07. The number of carbonyl (C=O) groups excluding carboxylic acids is 1. The van der Waals surface area contributed by atoms with Crippen molar-refractivity contribution in [3.05, 3.63) is 57.5 Å². The number of ketones is 1. The van der Waals surface area contributed by atoms with Gasteiger partial charge in [-0.05, 0) is 23.9 Å². The van der Waals surface area contributed by atoms with Crippen molar-refractivity contribution < 1.29 is 9.90 Å². The molecule has 0 amide bonds. The fourth-order valence-electron chi connectivity index (χ4n) is 2.02. The molecule has 1 aliphatic carbocycles. The molecule has 5 heteroatoms. The number of rotatable bonds is 1. The highest BCUT2D eigenvalue weighted by molar-refractivity contribution is 7.71. The summed E-state index contributed by atoms with van der Waals surface area (Å²) in [6.45, 7) is 0. The van der Waals surface area contributed by atoms with E-state index in [1.807, 2.05) is 24.3 Å². The minimum Gasteiger partial charge on any atom is -0.493 e. The molecule has 3 rings (SSSR count). The number of Topliss-reactive ketones (excluding diaryl/α,β-unsaturated/α-hetero) is 1. The predicted molar refractivity (Wildman–Crippen MR) is 75.4 cm³/mol. The topological polar surface area (TPSA) is 68.9 Å². The summed E-state index contributed by atoms with van der Waals surface area (Å²) in [6.07, 6.45) is 5.19. The Balaban J connectivity index is 2.08. The van der Waals surface area contributed by atoms with Crippen molar-refractivity contribution in [2.45, 2.75) is 0 Å². The van der Waals surface area contributed by atoms with E-state index in [0.717, 1.165) is 5.56 Å². The van der Waals surface area contributed by atoms with E-state index in [4.69, 9.17) is 12.2 Å². The zero-order valence-corrected chi connectivity index (χ0v) is 10.6. The number of benzene rings is 1. The first-order valence-corrected chi connectivity index (χ1v) is 6.11. The van der Waals surface area contributed by atoms with Gasteiger partial charge in [0.2, 0.25) is 5.88 Å². The van der Waals surface area contributed by atoms with E-state index < -0.39 is 0 Å². The van der Waals surface area contributed by atoms with Gasteiger partial charge in [-0.2, -0.15) is 0 Å². The number of aromatic nitrogens is 2. The molecule has 2 aromatic rings. The van der Waals surface area contributed by atoms with Gasteiger partial charge in [0.15, 0.2) is 10.6 Å². The highest BCUT2D eigenvalue weighted by atomic mass is 32.1. The summed E-state index contributed by atoms with van der Waals surface area (Å²) < 4.78 is 0.317. The van der Waals surface area contributed by atoms with Crippen LogP contribution in [0, 0.1) is 4.77 Å². The summed E-state index contributed by atoms with van der Waals surface area (Å²) >= 11 is 4.88. The van der Waals surface area contributed by atoms with Gasteiger partial charge in [0, 0.05) is 11.1 Å². The second-order valence-electron chi connectivity index (χ2n) is 4.19. The van der Waals surface area contributed by atoms with E-state index in [-0.39, 0.29) is 11.7 Å². The van der Waals surface area contributed by atoms with Crippen molar-refractivity contribution in [2.75, 3.05) is 0 Å². The molecule has 1 aromatic carbocycles. The molecule has 0 saturated carbocycles. The number of carbonyl (C=O) groups is 1. The van der Waals surface area contributed by atoms with Gasteiger partial charge in [0.1, 0.15) is 5.69 Å². The molecule has 3 N–H and O–H groups in total. The Kier molecular flexibility index (Phi) is 2.68. The first kappa shape index (κ1) is 11.7. The second kappa shape index (κ2) is 4.37. The number of allylic oxidation sites excluding steroid dienone is 2. The van der Waals surface area contributed by atoms with E-state index in [2.05, 4.69) is 9.97 Å². The van der Waals surface area contributed by atoms with E-state index in [1.54, 1.807) is 18.2 Å². The Bertz CT molecular complexity index is 781. The van der Waals surface area contributed by atoms with Crippen LogP contribution in [0.1, 0.15) is 21.6 Å². The van der Waals surface area contributed by atoms with E-state index in [1.165, 1.54) is 0 Å². The van der Waals surface area contributed by atoms with Gasteiger partial charge in [-0.1, -0.05) is 36.4 Å². The van der Waals surface area contributed by atoms with Crippen LogP contribution in [-0.4, -0.2) is 20.9 Å². The van der Waals surface area contributed by atoms with Crippen molar-refractivity contribution in [3.8, 4) is 5.88 Å². The van der Waals surface area contributed by atoms with Crippen LogP contribution in [0.3, 0.4) is 0 Å². The number of aromatic amines is 2. The van der Waals surface area contributed by atoms with Gasteiger partial charge in [0.05, 0.1) is 0 Å². The van der Waals surface area contributed by atoms with Crippen molar-refractivity contribution in [1.82, 2.24) is 9.97 Å². The molecule has 1 aromatic heterocycles. The lowest BCUT2D eigenvalue weighted by atomic mass is 9.92. The monoisotopic (exact) mass is 270 g/mol. The van der Waals surface area contributed by atoms with Crippen molar-refractivity contribution >= 4 is 30.2 Å². The molecule has 0 radical (unpaired) electrons. The molecule has 19 heavy (non-hydrogen) atoms. The van der Waals surface area contributed by atoms with Crippen LogP contribution in [0.2, 0.25) is 0 Å². The van der Waals surface area contributed by atoms with Crippen molar-refractivity contribution in [2.24, 2.45) is 0 Å². The van der Waals surface area contributed by atoms with Crippen LogP contribution in [0.5, 0.6) is 5.88 Å². The summed E-state index contributed by atoms with van der Waals surface area (Å²) in [5.74, 6) is -0.143. The molecular weight excluding hydrogens is 260 g/mol. The predicted octanol–water partition coefficient (Wildman–Crippen LogP) is 3.07. The Labute approximate surface area is 114 Å². The third-order valence-electron chi connectivity index (χ3n) is 2.95. The van der Waals surface area contributed by atoms with E-state index in [9.17, 15) is 9.90 Å². The van der Waals surface area contributed by atoms with Gasteiger partial charge in [0.25, 0.3) is 0 Å². The number of hydrogen-bond acceptors (Lipinski definition) is 3. The minimum atomic E-state index is -0.0717. The molecule has 0 aliphatic heterocycles. The Morgan fingerprint density at radius 3 is 2.68 bits per heavy atom. The largest absolute Gasteiger partial charge is 0.493 e. The van der Waals surface area contributed by atoms with Crippen molar-refractivity contribution in [3.63, 3.8) is 0 Å². The van der Waals surface area contributed by atoms with Gasteiger partial charge in [-0.25, -0.2) is 0 Å². The van der Waals surface area contributed by atoms with Crippen LogP contribution >= 0.6 is 12.2 Å². The van der Waals surface area contributed by atoms with E-state index in [0.29, 0.717) is 21.6 Å². The highest BCUT2D eigenvalue weighted by Crippen LogP contribution is 2.25. The maximum atomic E-state index is 12.3. The van der Waals surface area contributed by atoms with Crippen LogP contribution in [0.15, 0.2) is 35.9 Å². The Hall–Kier alpha value is -2.40. The average Bonchev–Trinajstić information content (AvgIpc) is 2.72.